The SMILES string of the molecule is CCCCOCCNC(=O)NC1CC1. The van der Waals surface area contributed by atoms with E-state index in [0.717, 1.165) is 32.3 Å². The molecule has 0 radical (unpaired) electrons. The molecule has 0 aromatic carbocycles. The highest BCUT2D eigenvalue weighted by atomic mass is 16.5. The van der Waals surface area contributed by atoms with Crippen molar-refractivity contribution in [1.82, 2.24) is 10.6 Å². The molecule has 0 atom stereocenters. The van der Waals surface area contributed by atoms with Crippen molar-refractivity contribution in [3.63, 3.8) is 0 Å². The number of hydrogen-bond acceptors (Lipinski definition) is 2. The van der Waals surface area contributed by atoms with Crippen molar-refractivity contribution in [2.45, 2.75) is 38.6 Å². The summed E-state index contributed by atoms with van der Waals surface area (Å²) < 4.78 is 5.30. The van der Waals surface area contributed by atoms with Gasteiger partial charge in [-0.1, -0.05) is 13.3 Å². The fourth-order valence-electron chi connectivity index (χ4n) is 1.05. The molecule has 0 unspecified atom stereocenters. The topological polar surface area (TPSA) is 50.4 Å². The highest BCUT2D eigenvalue weighted by molar-refractivity contribution is 5.74. The minimum atomic E-state index is -0.0633. The maximum Gasteiger partial charge on any atom is 0.315 e. The van der Waals surface area contributed by atoms with E-state index in [0.29, 0.717) is 19.2 Å². The molecule has 2 amide bonds. The first-order valence-electron chi connectivity index (χ1n) is 5.45. The lowest BCUT2D eigenvalue weighted by Crippen LogP contribution is -2.38. The van der Waals surface area contributed by atoms with Crippen molar-refractivity contribution >= 4 is 6.03 Å². The summed E-state index contributed by atoms with van der Waals surface area (Å²) in [5.74, 6) is 0. The molecule has 4 heteroatoms. The van der Waals surface area contributed by atoms with E-state index in [1.807, 2.05) is 0 Å². The summed E-state index contributed by atoms with van der Waals surface area (Å²) in [4.78, 5) is 11.1. The number of ether oxygens (including phenoxy) is 1. The van der Waals surface area contributed by atoms with Gasteiger partial charge in [-0.05, 0) is 19.3 Å². The normalized spacial score (nSPS) is 15.2. The van der Waals surface area contributed by atoms with E-state index in [1.54, 1.807) is 0 Å². The minimum Gasteiger partial charge on any atom is -0.380 e. The van der Waals surface area contributed by atoms with E-state index in [2.05, 4.69) is 17.6 Å². The van der Waals surface area contributed by atoms with Crippen molar-refractivity contribution < 1.29 is 9.53 Å². The number of carbonyl (C=O) groups is 1. The number of carbonyl (C=O) groups excluding carboxylic acids is 1. The van der Waals surface area contributed by atoms with Crippen molar-refractivity contribution in [2.75, 3.05) is 19.8 Å². The molecule has 1 saturated carbocycles. The summed E-state index contributed by atoms with van der Waals surface area (Å²) in [5, 5.41) is 5.61. The van der Waals surface area contributed by atoms with Gasteiger partial charge in [0.15, 0.2) is 0 Å². The lowest BCUT2D eigenvalue weighted by molar-refractivity contribution is 0.133. The molecule has 14 heavy (non-hydrogen) atoms. The highest BCUT2D eigenvalue weighted by Crippen LogP contribution is 2.17. The van der Waals surface area contributed by atoms with E-state index >= 15 is 0 Å². The first-order valence-corrected chi connectivity index (χ1v) is 5.45. The molecular formula is C10H20N2O2. The summed E-state index contributed by atoms with van der Waals surface area (Å²) >= 11 is 0. The summed E-state index contributed by atoms with van der Waals surface area (Å²) in [6, 6.07) is 0.364. The monoisotopic (exact) mass is 200 g/mol. The van der Waals surface area contributed by atoms with Crippen LogP contribution in [0.5, 0.6) is 0 Å². The number of hydrogen-bond donors (Lipinski definition) is 2. The Morgan fingerprint density at radius 1 is 1.43 bits per heavy atom. The van der Waals surface area contributed by atoms with Gasteiger partial charge >= 0.3 is 6.03 Å². The first-order chi connectivity index (χ1) is 6.83. The number of amides is 2. The van der Waals surface area contributed by atoms with Gasteiger partial charge in [0.1, 0.15) is 0 Å². The Hall–Kier alpha value is -0.770. The third-order valence-electron chi connectivity index (χ3n) is 2.09. The van der Waals surface area contributed by atoms with Crippen molar-refractivity contribution in [3.8, 4) is 0 Å². The Morgan fingerprint density at radius 3 is 2.86 bits per heavy atom. The van der Waals surface area contributed by atoms with Crippen LogP contribution in [0.4, 0.5) is 4.79 Å². The second kappa shape index (κ2) is 6.65. The maximum absolute atomic E-state index is 11.1. The largest absolute Gasteiger partial charge is 0.380 e. The number of nitrogens with one attached hydrogen (secondary N) is 2. The predicted octanol–water partition coefficient (Wildman–Crippen LogP) is 1.26. The Morgan fingerprint density at radius 2 is 2.21 bits per heavy atom. The lowest BCUT2D eigenvalue weighted by atomic mass is 10.4. The van der Waals surface area contributed by atoms with E-state index in [-0.39, 0.29) is 6.03 Å². The van der Waals surface area contributed by atoms with E-state index in [1.165, 1.54) is 0 Å². The number of rotatable bonds is 7. The third kappa shape index (κ3) is 5.80. The quantitative estimate of drug-likeness (QED) is 0.608. The molecule has 0 spiro atoms. The Balaban J connectivity index is 1.80. The van der Waals surface area contributed by atoms with Crippen molar-refractivity contribution in [3.05, 3.63) is 0 Å². The fourth-order valence-corrected chi connectivity index (χ4v) is 1.05. The Labute approximate surface area is 85.4 Å². The molecule has 0 aromatic rings. The molecule has 0 aromatic heterocycles. The highest BCUT2D eigenvalue weighted by Gasteiger charge is 2.22. The van der Waals surface area contributed by atoms with E-state index in [9.17, 15) is 4.79 Å². The summed E-state index contributed by atoms with van der Waals surface area (Å²) in [7, 11) is 0. The standard InChI is InChI=1S/C10H20N2O2/c1-2-3-7-14-8-6-11-10(13)12-9-4-5-9/h9H,2-8H2,1H3,(H2,11,12,13). The fraction of sp³-hybridized carbons (Fsp3) is 0.900. The maximum atomic E-state index is 11.1. The predicted molar refractivity (Wildman–Crippen MR) is 55.3 cm³/mol. The zero-order chi connectivity index (χ0) is 10.2. The van der Waals surface area contributed by atoms with Crippen LogP contribution in [-0.4, -0.2) is 31.8 Å². The Bertz CT molecular complexity index is 170. The van der Waals surface area contributed by atoms with Crippen LogP contribution in [0.2, 0.25) is 0 Å². The van der Waals surface area contributed by atoms with Crippen LogP contribution in [0, 0.1) is 0 Å². The van der Waals surface area contributed by atoms with Gasteiger partial charge in [0.2, 0.25) is 0 Å². The molecule has 1 fully saturated rings. The average molecular weight is 200 g/mol. The van der Waals surface area contributed by atoms with Crippen LogP contribution in [-0.2, 0) is 4.74 Å². The van der Waals surface area contributed by atoms with Crippen molar-refractivity contribution in [1.29, 1.82) is 0 Å². The Kier molecular flexibility index (Phi) is 5.37. The van der Waals surface area contributed by atoms with Gasteiger partial charge in [0.25, 0.3) is 0 Å². The molecular weight excluding hydrogens is 180 g/mol. The van der Waals surface area contributed by atoms with Gasteiger partial charge in [0.05, 0.1) is 6.61 Å². The van der Waals surface area contributed by atoms with Gasteiger partial charge in [-0.25, -0.2) is 4.79 Å². The summed E-state index contributed by atoms with van der Waals surface area (Å²) in [6.45, 7) is 4.13. The second-order valence-corrected chi connectivity index (χ2v) is 3.64. The van der Waals surface area contributed by atoms with Gasteiger partial charge in [-0.15, -0.1) is 0 Å². The van der Waals surface area contributed by atoms with Crippen LogP contribution in [0.1, 0.15) is 32.6 Å². The molecule has 0 aliphatic heterocycles. The molecule has 2 N–H and O–H groups in total. The molecule has 4 nitrogen and oxygen atoms in total. The molecule has 1 aliphatic rings. The van der Waals surface area contributed by atoms with E-state index < -0.39 is 0 Å². The smallest absolute Gasteiger partial charge is 0.315 e. The molecule has 0 bridgehead atoms. The lowest BCUT2D eigenvalue weighted by Gasteiger charge is -2.06. The molecule has 1 rings (SSSR count). The summed E-state index contributed by atoms with van der Waals surface area (Å²) in [5.41, 5.74) is 0. The third-order valence-corrected chi connectivity index (χ3v) is 2.09. The van der Waals surface area contributed by atoms with Crippen LogP contribution in [0.3, 0.4) is 0 Å². The molecule has 0 saturated heterocycles. The molecule has 0 heterocycles. The first kappa shape index (κ1) is 11.3. The minimum absolute atomic E-state index is 0.0633. The van der Waals surface area contributed by atoms with Gasteiger partial charge in [-0.2, -0.15) is 0 Å². The molecule has 82 valence electrons. The van der Waals surface area contributed by atoms with E-state index in [4.69, 9.17) is 4.74 Å². The van der Waals surface area contributed by atoms with Crippen LogP contribution in [0.15, 0.2) is 0 Å². The van der Waals surface area contributed by atoms with Crippen LogP contribution >= 0.6 is 0 Å². The zero-order valence-electron chi connectivity index (χ0n) is 8.84. The number of unbranched alkanes of at least 4 members (excludes halogenated alkanes) is 1. The van der Waals surface area contributed by atoms with Gasteiger partial charge in [-0.3, -0.25) is 0 Å². The van der Waals surface area contributed by atoms with Crippen molar-refractivity contribution in [2.24, 2.45) is 0 Å². The number of urea groups is 1. The van der Waals surface area contributed by atoms with Crippen LogP contribution in [0.25, 0.3) is 0 Å². The molecule has 1 aliphatic carbocycles. The average Bonchev–Trinajstić information content (AvgIpc) is 2.95. The summed E-state index contributed by atoms with van der Waals surface area (Å²) in [6.07, 6.45) is 4.49. The zero-order valence-corrected chi connectivity index (χ0v) is 8.84. The second-order valence-electron chi connectivity index (χ2n) is 3.64. The van der Waals surface area contributed by atoms with Gasteiger partial charge in [0, 0.05) is 19.2 Å². The van der Waals surface area contributed by atoms with Crippen LogP contribution < -0.4 is 10.6 Å². The van der Waals surface area contributed by atoms with Gasteiger partial charge < -0.3 is 15.4 Å².